The van der Waals surface area contributed by atoms with Crippen molar-refractivity contribution >= 4 is 27.7 Å². The fraction of sp³-hybridized carbons (Fsp3) is 0.455. The molecule has 1 aliphatic rings. The van der Waals surface area contributed by atoms with E-state index in [1.54, 1.807) is 32.9 Å². The summed E-state index contributed by atoms with van der Waals surface area (Å²) in [5.74, 6) is -0.774. The van der Waals surface area contributed by atoms with Crippen LogP contribution in [0.1, 0.15) is 44.1 Å². The van der Waals surface area contributed by atoms with Gasteiger partial charge in [-0.1, -0.05) is 12.1 Å². The Kier molecular flexibility index (Phi) is 6.92. The van der Waals surface area contributed by atoms with Gasteiger partial charge >= 0.3 is 12.1 Å². The van der Waals surface area contributed by atoms with Gasteiger partial charge in [0, 0.05) is 18.7 Å². The van der Waals surface area contributed by atoms with Crippen molar-refractivity contribution < 1.29 is 27.5 Å². The van der Waals surface area contributed by atoms with E-state index >= 15 is 0 Å². The highest BCUT2D eigenvalue weighted by Gasteiger charge is 2.35. The summed E-state index contributed by atoms with van der Waals surface area (Å²) in [6.07, 6.45) is 1.90. The van der Waals surface area contributed by atoms with E-state index in [1.165, 1.54) is 30.3 Å². The second-order valence-corrected chi connectivity index (χ2v) is 11.0. The number of carbonyl (C=O) groups excluding carboxylic acids is 2. The lowest BCUT2D eigenvalue weighted by Gasteiger charge is -2.33. The number of piperidine rings is 1. The average Bonchev–Trinajstić information content (AvgIpc) is 2.78. The lowest BCUT2D eigenvalue weighted by molar-refractivity contribution is 0.0218. The van der Waals surface area contributed by atoms with Crippen LogP contribution in [0.15, 0.2) is 35.4 Å². The largest absolute Gasteiger partial charge is 0.464 e. The number of nitrogens with two attached hydrogens (primary N) is 1. The van der Waals surface area contributed by atoms with Crippen LogP contribution in [0.4, 0.5) is 10.6 Å². The normalized spacial score (nSPS) is 16.8. The van der Waals surface area contributed by atoms with Crippen molar-refractivity contribution in [2.75, 3.05) is 25.9 Å². The molecule has 0 aliphatic carbocycles. The fourth-order valence-corrected chi connectivity index (χ4v) is 5.23. The molecule has 0 spiro atoms. The molecule has 1 aromatic heterocycles. The molecule has 10 nitrogen and oxygen atoms in total. The minimum Gasteiger partial charge on any atom is -0.464 e. The van der Waals surface area contributed by atoms with Crippen LogP contribution in [-0.4, -0.2) is 66.4 Å². The van der Waals surface area contributed by atoms with Crippen LogP contribution in [0.2, 0.25) is 0 Å². The summed E-state index contributed by atoms with van der Waals surface area (Å²) >= 11 is 0. The quantitative estimate of drug-likeness (QED) is 0.659. The van der Waals surface area contributed by atoms with E-state index in [0.717, 1.165) is 0 Å². The second kappa shape index (κ2) is 9.34. The molecule has 1 amide bonds. The zero-order chi connectivity index (χ0) is 24.4. The molecule has 1 atom stereocenters. The Morgan fingerprint density at radius 1 is 1.18 bits per heavy atom. The summed E-state index contributed by atoms with van der Waals surface area (Å²) in [4.78, 5) is 33.9. The standard InChI is InChI=1S/C22H28N4O6S/c1-22(2,3)32-21(28)26-11-5-6-16(13-26)33(29,30)15-9-7-14(8-10-15)17-12-24-19(23)18(25-17)20(27)31-4/h7-10,12,16H,5-6,11,13H2,1-4H3,(H2,23,24). The van der Waals surface area contributed by atoms with Crippen molar-refractivity contribution in [2.45, 2.75) is 49.4 Å². The molecule has 1 unspecified atom stereocenters. The van der Waals surface area contributed by atoms with Crippen molar-refractivity contribution in [1.82, 2.24) is 14.9 Å². The summed E-state index contributed by atoms with van der Waals surface area (Å²) in [7, 11) is -2.47. The maximum absolute atomic E-state index is 13.2. The van der Waals surface area contributed by atoms with Gasteiger partial charge in [0.2, 0.25) is 0 Å². The number of nitrogens with zero attached hydrogens (tertiary/aromatic N) is 3. The van der Waals surface area contributed by atoms with E-state index < -0.39 is 32.8 Å². The van der Waals surface area contributed by atoms with Gasteiger partial charge in [-0.3, -0.25) is 0 Å². The first-order valence-electron chi connectivity index (χ1n) is 10.5. The number of ether oxygens (including phenoxy) is 2. The van der Waals surface area contributed by atoms with Crippen LogP contribution in [0.3, 0.4) is 0 Å². The number of hydrogen-bond donors (Lipinski definition) is 1. The fourth-order valence-electron chi connectivity index (χ4n) is 3.48. The van der Waals surface area contributed by atoms with Crippen LogP contribution < -0.4 is 5.73 Å². The van der Waals surface area contributed by atoms with E-state index in [9.17, 15) is 18.0 Å². The molecular formula is C22H28N4O6S. The highest BCUT2D eigenvalue weighted by molar-refractivity contribution is 7.92. The number of nitrogen functional groups attached to an aromatic ring is 1. The lowest BCUT2D eigenvalue weighted by atomic mass is 10.1. The number of anilines is 1. The smallest absolute Gasteiger partial charge is 0.410 e. The van der Waals surface area contributed by atoms with Gasteiger partial charge in [0.25, 0.3) is 0 Å². The summed E-state index contributed by atoms with van der Waals surface area (Å²) < 4.78 is 36.5. The van der Waals surface area contributed by atoms with E-state index in [0.29, 0.717) is 30.6 Å². The first kappa shape index (κ1) is 24.4. The van der Waals surface area contributed by atoms with Crippen molar-refractivity contribution in [3.05, 3.63) is 36.2 Å². The molecule has 33 heavy (non-hydrogen) atoms. The number of methoxy groups -OCH3 is 1. The van der Waals surface area contributed by atoms with E-state index in [1.807, 2.05) is 0 Å². The average molecular weight is 477 g/mol. The minimum atomic E-state index is -3.68. The van der Waals surface area contributed by atoms with Gasteiger partial charge in [-0.2, -0.15) is 0 Å². The maximum atomic E-state index is 13.2. The molecule has 1 fully saturated rings. The Hall–Kier alpha value is -3.21. The Labute approximate surface area is 193 Å². The van der Waals surface area contributed by atoms with Gasteiger partial charge in [-0.05, 0) is 45.7 Å². The maximum Gasteiger partial charge on any atom is 0.410 e. The number of hydrogen-bond acceptors (Lipinski definition) is 9. The summed E-state index contributed by atoms with van der Waals surface area (Å²) in [5.41, 5.74) is 5.82. The molecule has 2 N–H and O–H groups in total. The highest BCUT2D eigenvalue weighted by atomic mass is 32.2. The zero-order valence-electron chi connectivity index (χ0n) is 19.1. The number of amides is 1. The molecule has 0 radical (unpaired) electrons. The molecule has 11 heteroatoms. The van der Waals surface area contributed by atoms with Crippen LogP contribution in [0, 0.1) is 0 Å². The van der Waals surface area contributed by atoms with Crippen LogP contribution in [0.25, 0.3) is 11.3 Å². The minimum absolute atomic E-state index is 0.0587. The third kappa shape index (κ3) is 5.59. The second-order valence-electron chi connectivity index (χ2n) is 8.74. The van der Waals surface area contributed by atoms with Gasteiger partial charge in [0.15, 0.2) is 21.3 Å². The van der Waals surface area contributed by atoms with Crippen molar-refractivity contribution in [3.8, 4) is 11.3 Å². The van der Waals surface area contributed by atoms with Gasteiger partial charge in [0.05, 0.1) is 29.1 Å². The topological polar surface area (TPSA) is 142 Å². The van der Waals surface area contributed by atoms with E-state index in [4.69, 9.17) is 10.5 Å². The van der Waals surface area contributed by atoms with Crippen LogP contribution >= 0.6 is 0 Å². The van der Waals surface area contributed by atoms with Gasteiger partial charge in [0.1, 0.15) is 5.60 Å². The number of benzene rings is 1. The molecule has 0 bridgehead atoms. The summed E-state index contributed by atoms with van der Waals surface area (Å²) in [5, 5.41) is -0.730. The van der Waals surface area contributed by atoms with E-state index in [-0.39, 0.29) is 23.0 Å². The molecular weight excluding hydrogens is 448 g/mol. The van der Waals surface area contributed by atoms with Crippen molar-refractivity contribution in [2.24, 2.45) is 0 Å². The van der Waals surface area contributed by atoms with Gasteiger partial charge in [-0.15, -0.1) is 0 Å². The van der Waals surface area contributed by atoms with Gasteiger partial charge in [-0.25, -0.2) is 28.0 Å². The number of aromatic nitrogens is 2. The molecule has 3 rings (SSSR count). The molecule has 1 saturated heterocycles. The number of sulfone groups is 1. The number of esters is 1. The molecule has 1 aromatic carbocycles. The number of carbonyl (C=O) groups is 2. The molecule has 0 saturated carbocycles. The molecule has 2 aromatic rings. The third-order valence-electron chi connectivity index (χ3n) is 5.13. The molecule has 178 valence electrons. The van der Waals surface area contributed by atoms with Crippen LogP contribution in [0.5, 0.6) is 0 Å². The zero-order valence-corrected chi connectivity index (χ0v) is 19.9. The monoisotopic (exact) mass is 476 g/mol. The lowest BCUT2D eigenvalue weighted by Crippen LogP contribution is -2.47. The summed E-state index contributed by atoms with van der Waals surface area (Å²) in [6.45, 7) is 5.84. The Bertz CT molecular complexity index is 1140. The predicted octanol–water partition coefficient (Wildman–Crippen LogP) is 2.69. The SMILES string of the molecule is COC(=O)c1nc(-c2ccc(S(=O)(=O)C3CCCN(C(=O)OC(C)(C)C)C3)cc2)cnc1N. The highest BCUT2D eigenvalue weighted by Crippen LogP contribution is 2.27. The number of likely N-dealkylation sites (tertiary alicyclic amines) is 1. The third-order valence-corrected chi connectivity index (χ3v) is 7.32. The van der Waals surface area contributed by atoms with Crippen LogP contribution in [-0.2, 0) is 19.3 Å². The first-order chi connectivity index (χ1) is 15.4. The van der Waals surface area contributed by atoms with Crippen molar-refractivity contribution in [3.63, 3.8) is 0 Å². The van der Waals surface area contributed by atoms with E-state index in [2.05, 4.69) is 14.7 Å². The molecule has 2 heterocycles. The predicted molar refractivity (Wildman–Crippen MR) is 121 cm³/mol. The van der Waals surface area contributed by atoms with Gasteiger partial charge < -0.3 is 20.1 Å². The molecule has 1 aliphatic heterocycles. The summed E-state index contributed by atoms with van der Waals surface area (Å²) in [6, 6.07) is 6.13. The Morgan fingerprint density at radius 3 is 2.45 bits per heavy atom. The Morgan fingerprint density at radius 2 is 1.85 bits per heavy atom. The Balaban J connectivity index is 1.80. The number of rotatable bonds is 4. The first-order valence-corrected chi connectivity index (χ1v) is 12.0. The van der Waals surface area contributed by atoms with Crippen molar-refractivity contribution in [1.29, 1.82) is 0 Å².